The van der Waals surface area contributed by atoms with Crippen molar-refractivity contribution < 1.29 is 4.74 Å². The van der Waals surface area contributed by atoms with E-state index in [0.29, 0.717) is 0 Å². The van der Waals surface area contributed by atoms with Gasteiger partial charge in [0, 0.05) is 33.4 Å². The van der Waals surface area contributed by atoms with Crippen LogP contribution >= 0.6 is 0 Å². The predicted molar refractivity (Wildman–Crippen MR) is 167 cm³/mol. The normalized spacial score (nSPS) is 14.2. The van der Waals surface area contributed by atoms with E-state index in [-0.39, 0.29) is 6.23 Å². The fourth-order valence-electron chi connectivity index (χ4n) is 6.05. The molecule has 0 spiro atoms. The molecule has 0 amide bonds. The van der Waals surface area contributed by atoms with E-state index in [1.165, 1.54) is 21.5 Å². The van der Waals surface area contributed by atoms with E-state index in [1.807, 2.05) is 0 Å². The number of para-hydroxylation sites is 2. The maximum atomic E-state index is 6.72. The maximum absolute atomic E-state index is 6.72. The van der Waals surface area contributed by atoms with Crippen LogP contribution in [0.1, 0.15) is 11.8 Å². The van der Waals surface area contributed by atoms with Gasteiger partial charge in [-0.3, -0.25) is 0 Å². The number of nitrogens with one attached hydrogen (secondary N) is 1. The summed E-state index contributed by atoms with van der Waals surface area (Å²) in [4.78, 5) is 2.31. The van der Waals surface area contributed by atoms with Crippen molar-refractivity contribution in [2.45, 2.75) is 6.23 Å². The van der Waals surface area contributed by atoms with Gasteiger partial charge in [-0.05, 0) is 57.9 Å². The molecule has 1 heterocycles. The van der Waals surface area contributed by atoms with Crippen LogP contribution in [0.4, 0.5) is 22.7 Å². The smallest absolute Gasteiger partial charge is 0.197 e. The summed E-state index contributed by atoms with van der Waals surface area (Å²) in [6, 6.07) is 51.3. The van der Waals surface area contributed by atoms with Crippen molar-refractivity contribution in [1.29, 1.82) is 0 Å². The molecule has 0 saturated carbocycles. The lowest BCUT2D eigenvalue weighted by Crippen LogP contribution is -2.10. The molecule has 0 saturated heterocycles. The first-order chi connectivity index (χ1) is 19.8. The Morgan fingerprint density at radius 1 is 0.475 bits per heavy atom. The molecule has 8 rings (SSSR count). The minimum atomic E-state index is -0.264. The van der Waals surface area contributed by atoms with Crippen molar-refractivity contribution in [2.24, 2.45) is 0 Å². The molecule has 3 nitrogen and oxygen atoms in total. The van der Waals surface area contributed by atoms with Gasteiger partial charge >= 0.3 is 0 Å². The molecule has 3 heteroatoms. The Labute approximate surface area is 232 Å². The zero-order chi connectivity index (χ0) is 26.5. The topological polar surface area (TPSA) is 24.5 Å². The zero-order valence-corrected chi connectivity index (χ0v) is 21.8. The summed E-state index contributed by atoms with van der Waals surface area (Å²) < 4.78 is 6.72. The lowest BCUT2D eigenvalue weighted by Gasteiger charge is -2.26. The molecule has 0 aliphatic carbocycles. The largest absolute Gasteiger partial charge is 0.464 e. The van der Waals surface area contributed by atoms with E-state index in [2.05, 4.69) is 156 Å². The Morgan fingerprint density at radius 2 is 1.10 bits per heavy atom. The van der Waals surface area contributed by atoms with E-state index in [4.69, 9.17) is 4.74 Å². The van der Waals surface area contributed by atoms with Crippen LogP contribution in [0, 0.1) is 0 Å². The summed E-state index contributed by atoms with van der Waals surface area (Å²) in [5.74, 6) is 0.914. The van der Waals surface area contributed by atoms with Gasteiger partial charge in [-0.15, -0.1) is 0 Å². The molecule has 1 aliphatic rings. The van der Waals surface area contributed by atoms with Crippen molar-refractivity contribution in [1.82, 2.24) is 0 Å². The maximum Gasteiger partial charge on any atom is 0.197 e. The summed E-state index contributed by atoms with van der Waals surface area (Å²) in [5.41, 5.74) is 5.54. The van der Waals surface area contributed by atoms with Crippen molar-refractivity contribution >= 4 is 55.1 Å². The van der Waals surface area contributed by atoms with Crippen LogP contribution in [0.15, 0.2) is 146 Å². The molecule has 40 heavy (non-hydrogen) atoms. The third-order valence-corrected chi connectivity index (χ3v) is 7.87. The van der Waals surface area contributed by atoms with Crippen molar-refractivity contribution in [3.63, 3.8) is 0 Å². The molecule has 1 atom stereocenters. The lowest BCUT2D eigenvalue weighted by atomic mass is 9.98. The van der Waals surface area contributed by atoms with Gasteiger partial charge in [0.15, 0.2) is 12.0 Å². The summed E-state index contributed by atoms with van der Waals surface area (Å²) in [7, 11) is 0. The second-order valence-electron chi connectivity index (χ2n) is 10.2. The minimum Gasteiger partial charge on any atom is -0.464 e. The Hall–Kier alpha value is -5.28. The predicted octanol–water partition coefficient (Wildman–Crippen LogP) is 10.1. The summed E-state index contributed by atoms with van der Waals surface area (Å²) in [6.07, 6.45) is -0.264. The molecule has 1 N–H and O–H groups in total. The van der Waals surface area contributed by atoms with Gasteiger partial charge in [-0.25, -0.2) is 0 Å². The Balaban J connectivity index is 1.32. The molecule has 7 aromatic carbocycles. The Morgan fingerprint density at radius 3 is 1.85 bits per heavy atom. The number of hydrogen-bond donors (Lipinski definition) is 1. The van der Waals surface area contributed by atoms with E-state index in [9.17, 15) is 0 Å². The first-order valence-corrected chi connectivity index (χ1v) is 13.6. The van der Waals surface area contributed by atoms with Gasteiger partial charge in [0.25, 0.3) is 0 Å². The average Bonchev–Trinajstić information content (AvgIpc) is 3.48. The number of anilines is 4. The molecule has 0 radical (unpaired) electrons. The van der Waals surface area contributed by atoms with E-state index in [0.717, 1.165) is 44.8 Å². The minimum absolute atomic E-state index is 0.264. The number of nitrogens with zero attached hydrogens (tertiary/aromatic N) is 1. The van der Waals surface area contributed by atoms with Crippen LogP contribution in [-0.4, -0.2) is 0 Å². The molecule has 1 unspecified atom stereocenters. The molecule has 0 bridgehead atoms. The summed E-state index contributed by atoms with van der Waals surface area (Å²) in [6.45, 7) is 0. The highest BCUT2D eigenvalue weighted by Gasteiger charge is 2.29. The Kier molecular flexibility index (Phi) is 5.20. The fraction of sp³-hybridized carbons (Fsp3) is 0.0270. The van der Waals surface area contributed by atoms with Crippen LogP contribution in [-0.2, 0) is 0 Å². The summed E-state index contributed by atoms with van der Waals surface area (Å²) >= 11 is 0. The molecule has 7 aromatic rings. The molecular formula is C37H26N2O. The molecular weight excluding hydrogens is 488 g/mol. The molecule has 1 aliphatic heterocycles. The van der Waals surface area contributed by atoms with Gasteiger partial charge < -0.3 is 15.0 Å². The highest BCUT2D eigenvalue weighted by atomic mass is 16.5. The van der Waals surface area contributed by atoms with Crippen LogP contribution in [0.5, 0.6) is 5.75 Å². The van der Waals surface area contributed by atoms with Crippen molar-refractivity contribution in [3.05, 3.63) is 151 Å². The first-order valence-electron chi connectivity index (χ1n) is 13.6. The van der Waals surface area contributed by atoms with Gasteiger partial charge in [-0.2, -0.15) is 0 Å². The molecule has 190 valence electrons. The lowest BCUT2D eigenvalue weighted by molar-refractivity contribution is 0.264. The number of rotatable bonds is 4. The fourth-order valence-corrected chi connectivity index (χ4v) is 6.05. The van der Waals surface area contributed by atoms with Crippen molar-refractivity contribution in [3.8, 4) is 5.75 Å². The van der Waals surface area contributed by atoms with Crippen LogP contribution in [0.3, 0.4) is 0 Å². The van der Waals surface area contributed by atoms with E-state index in [1.54, 1.807) is 0 Å². The van der Waals surface area contributed by atoms with Gasteiger partial charge in [0.1, 0.15) is 0 Å². The molecule has 0 aromatic heterocycles. The first kappa shape index (κ1) is 22.7. The van der Waals surface area contributed by atoms with Gasteiger partial charge in [0.2, 0.25) is 0 Å². The number of fused-ring (bicyclic) bond motifs is 7. The highest BCUT2D eigenvalue weighted by Crippen LogP contribution is 2.50. The second-order valence-corrected chi connectivity index (χ2v) is 10.2. The standard InChI is InChI=1S/C37H26N2O/c1-3-14-26(15-4-1)39(27-16-5-2-6-17-27)28-22-23-31-34(24-28)30-19-9-10-20-32(30)36-35(31)38-37(40-36)33-21-11-13-25-12-7-8-18-29(25)33/h1-24,37-38H. The van der Waals surface area contributed by atoms with E-state index < -0.39 is 0 Å². The molecule has 0 fully saturated rings. The average molecular weight is 515 g/mol. The number of ether oxygens (including phenoxy) is 1. The third-order valence-electron chi connectivity index (χ3n) is 7.87. The summed E-state index contributed by atoms with van der Waals surface area (Å²) in [5, 5.41) is 10.8. The third kappa shape index (κ3) is 3.59. The van der Waals surface area contributed by atoms with Gasteiger partial charge in [0.05, 0.1) is 5.69 Å². The quantitative estimate of drug-likeness (QED) is 0.237. The highest BCUT2D eigenvalue weighted by molar-refractivity contribution is 6.18. The Bertz CT molecular complexity index is 1970. The zero-order valence-electron chi connectivity index (χ0n) is 21.8. The van der Waals surface area contributed by atoms with Crippen LogP contribution < -0.4 is 15.0 Å². The van der Waals surface area contributed by atoms with Crippen LogP contribution in [0.2, 0.25) is 0 Å². The van der Waals surface area contributed by atoms with Crippen molar-refractivity contribution in [2.75, 3.05) is 10.2 Å². The van der Waals surface area contributed by atoms with Gasteiger partial charge in [-0.1, -0.05) is 109 Å². The number of hydrogen-bond acceptors (Lipinski definition) is 3. The second kappa shape index (κ2) is 9.18. The van der Waals surface area contributed by atoms with E-state index >= 15 is 0 Å². The SMILES string of the molecule is c1ccc(N(c2ccccc2)c2ccc3c4c(c5ccccc5c3c2)OC(c2cccc3ccccc23)N4)cc1. The number of benzene rings is 7. The van der Waals surface area contributed by atoms with Crippen LogP contribution in [0.25, 0.3) is 32.3 Å². The monoisotopic (exact) mass is 514 g/mol.